The Morgan fingerprint density at radius 1 is 1.29 bits per heavy atom. The summed E-state index contributed by atoms with van der Waals surface area (Å²) in [6.07, 6.45) is 2.50. The standard InChI is InChI=1S/C11H10FNO/c1-7(14)8-2-3-11(12)9-4-5-13-6-10(8)9/h2-7,14H,1H3. The van der Waals surface area contributed by atoms with E-state index in [9.17, 15) is 9.50 Å². The maximum absolute atomic E-state index is 13.3. The van der Waals surface area contributed by atoms with E-state index in [4.69, 9.17) is 0 Å². The van der Waals surface area contributed by atoms with Crippen molar-refractivity contribution in [3.63, 3.8) is 0 Å². The number of fused-ring (bicyclic) bond motifs is 1. The van der Waals surface area contributed by atoms with Crippen molar-refractivity contribution in [2.24, 2.45) is 0 Å². The number of hydrogen-bond donors (Lipinski definition) is 1. The van der Waals surface area contributed by atoms with Crippen LogP contribution in [0.25, 0.3) is 10.8 Å². The summed E-state index contributed by atoms with van der Waals surface area (Å²) in [6.45, 7) is 1.65. The topological polar surface area (TPSA) is 33.1 Å². The first-order valence-corrected chi connectivity index (χ1v) is 4.40. The zero-order valence-corrected chi connectivity index (χ0v) is 7.74. The fourth-order valence-electron chi connectivity index (χ4n) is 1.54. The second-order valence-corrected chi connectivity index (χ2v) is 3.23. The molecule has 0 aliphatic rings. The van der Waals surface area contributed by atoms with Crippen LogP contribution < -0.4 is 0 Å². The van der Waals surface area contributed by atoms with E-state index in [1.807, 2.05) is 0 Å². The van der Waals surface area contributed by atoms with Crippen LogP contribution in [0.2, 0.25) is 0 Å². The molecule has 0 aliphatic carbocycles. The number of aliphatic hydroxyl groups excluding tert-OH is 1. The fourth-order valence-corrected chi connectivity index (χ4v) is 1.54. The Labute approximate surface area is 81.0 Å². The van der Waals surface area contributed by atoms with E-state index in [1.54, 1.807) is 25.3 Å². The quantitative estimate of drug-likeness (QED) is 0.750. The molecule has 1 N–H and O–H groups in total. The molecule has 1 aromatic carbocycles. The molecule has 3 heteroatoms. The van der Waals surface area contributed by atoms with Crippen LogP contribution in [-0.4, -0.2) is 10.1 Å². The summed E-state index contributed by atoms with van der Waals surface area (Å²) in [5, 5.41) is 10.6. The average molecular weight is 191 g/mol. The normalized spacial score (nSPS) is 13.1. The monoisotopic (exact) mass is 191 g/mol. The van der Waals surface area contributed by atoms with Crippen molar-refractivity contribution in [1.29, 1.82) is 0 Å². The van der Waals surface area contributed by atoms with Crippen molar-refractivity contribution in [3.05, 3.63) is 42.0 Å². The number of nitrogens with zero attached hydrogens (tertiary/aromatic N) is 1. The predicted octanol–water partition coefficient (Wildman–Crippen LogP) is 2.43. The van der Waals surface area contributed by atoms with Crippen LogP contribution in [-0.2, 0) is 0 Å². The molecular weight excluding hydrogens is 181 g/mol. The summed E-state index contributed by atoms with van der Waals surface area (Å²) >= 11 is 0. The highest BCUT2D eigenvalue weighted by Crippen LogP contribution is 2.25. The Bertz CT molecular complexity index is 468. The summed E-state index contributed by atoms with van der Waals surface area (Å²) in [5.74, 6) is -0.285. The maximum atomic E-state index is 13.3. The van der Waals surface area contributed by atoms with Gasteiger partial charge in [0.15, 0.2) is 0 Å². The highest BCUT2D eigenvalue weighted by atomic mass is 19.1. The zero-order chi connectivity index (χ0) is 10.1. The van der Waals surface area contributed by atoms with E-state index in [2.05, 4.69) is 4.98 Å². The molecule has 2 aromatic rings. The molecule has 0 fully saturated rings. The lowest BCUT2D eigenvalue weighted by Gasteiger charge is -2.08. The second kappa shape index (κ2) is 3.35. The minimum Gasteiger partial charge on any atom is -0.389 e. The summed E-state index contributed by atoms with van der Waals surface area (Å²) < 4.78 is 13.3. The number of benzene rings is 1. The highest BCUT2D eigenvalue weighted by molar-refractivity contribution is 5.85. The number of rotatable bonds is 1. The minimum atomic E-state index is -0.609. The molecule has 14 heavy (non-hydrogen) atoms. The summed E-state index contributed by atoms with van der Waals surface area (Å²) in [4.78, 5) is 3.92. The van der Waals surface area contributed by atoms with Crippen molar-refractivity contribution in [3.8, 4) is 0 Å². The van der Waals surface area contributed by atoms with E-state index in [1.165, 1.54) is 12.3 Å². The first-order valence-electron chi connectivity index (χ1n) is 4.40. The average Bonchev–Trinajstić information content (AvgIpc) is 2.18. The largest absolute Gasteiger partial charge is 0.389 e. The summed E-state index contributed by atoms with van der Waals surface area (Å²) in [7, 11) is 0. The molecule has 0 amide bonds. The Morgan fingerprint density at radius 3 is 2.79 bits per heavy atom. The third-order valence-corrected chi connectivity index (χ3v) is 2.25. The van der Waals surface area contributed by atoms with Crippen molar-refractivity contribution >= 4 is 10.8 Å². The summed E-state index contributed by atoms with van der Waals surface area (Å²) in [6, 6.07) is 4.56. The van der Waals surface area contributed by atoms with E-state index < -0.39 is 6.10 Å². The van der Waals surface area contributed by atoms with E-state index in [0.717, 1.165) is 0 Å². The molecule has 0 aliphatic heterocycles. The van der Waals surface area contributed by atoms with Crippen LogP contribution in [0.15, 0.2) is 30.6 Å². The van der Waals surface area contributed by atoms with Gasteiger partial charge < -0.3 is 5.11 Å². The van der Waals surface area contributed by atoms with Gasteiger partial charge >= 0.3 is 0 Å². The Kier molecular flexibility index (Phi) is 2.17. The zero-order valence-electron chi connectivity index (χ0n) is 7.74. The number of aliphatic hydroxyl groups is 1. The van der Waals surface area contributed by atoms with E-state index >= 15 is 0 Å². The van der Waals surface area contributed by atoms with Crippen molar-refractivity contribution < 1.29 is 9.50 Å². The number of pyridine rings is 1. The lowest BCUT2D eigenvalue weighted by Crippen LogP contribution is -1.94. The maximum Gasteiger partial charge on any atom is 0.131 e. The van der Waals surface area contributed by atoms with Gasteiger partial charge in [-0.25, -0.2) is 4.39 Å². The molecule has 1 unspecified atom stereocenters. The molecule has 2 rings (SSSR count). The highest BCUT2D eigenvalue weighted by Gasteiger charge is 2.08. The molecule has 0 saturated heterocycles. The van der Waals surface area contributed by atoms with Gasteiger partial charge in [0.2, 0.25) is 0 Å². The molecule has 1 aromatic heterocycles. The van der Waals surface area contributed by atoms with Gasteiger partial charge in [0.1, 0.15) is 5.82 Å². The molecule has 0 bridgehead atoms. The van der Waals surface area contributed by atoms with Gasteiger partial charge in [0.05, 0.1) is 6.10 Å². The van der Waals surface area contributed by atoms with Gasteiger partial charge in [-0.15, -0.1) is 0 Å². The molecule has 2 nitrogen and oxygen atoms in total. The van der Waals surface area contributed by atoms with Crippen LogP contribution in [0.5, 0.6) is 0 Å². The number of halogens is 1. The molecule has 0 spiro atoms. The molecule has 72 valence electrons. The molecule has 0 radical (unpaired) electrons. The van der Waals surface area contributed by atoms with Gasteiger partial charge in [-0.05, 0) is 24.6 Å². The first kappa shape index (κ1) is 9.09. The van der Waals surface area contributed by atoms with Crippen molar-refractivity contribution in [1.82, 2.24) is 4.98 Å². The number of aromatic nitrogens is 1. The Hall–Kier alpha value is -1.48. The fraction of sp³-hybridized carbons (Fsp3) is 0.182. The van der Waals surface area contributed by atoms with E-state index in [-0.39, 0.29) is 5.82 Å². The van der Waals surface area contributed by atoms with Crippen molar-refractivity contribution in [2.75, 3.05) is 0 Å². The van der Waals surface area contributed by atoms with E-state index in [0.29, 0.717) is 16.3 Å². The lowest BCUT2D eigenvalue weighted by molar-refractivity contribution is 0.201. The van der Waals surface area contributed by atoms with Gasteiger partial charge in [0.25, 0.3) is 0 Å². The Morgan fingerprint density at radius 2 is 2.07 bits per heavy atom. The molecule has 0 saturated carbocycles. The second-order valence-electron chi connectivity index (χ2n) is 3.23. The predicted molar refractivity (Wildman–Crippen MR) is 52.3 cm³/mol. The van der Waals surface area contributed by atoms with Crippen LogP contribution in [0, 0.1) is 5.82 Å². The Balaban J connectivity index is 2.82. The molecular formula is C11H10FNO. The van der Waals surface area contributed by atoms with Crippen LogP contribution in [0.4, 0.5) is 4.39 Å². The first-order chi connectivity index (χ1) is 6.70. The van der Waals surface area contributed by atoms with Gasteiger partial charge in [-0.2, -0.15) is 0 Å². The van der Waals surface area contributed by atoms with Crippen molar-refractivity contribution in [2.45, 2.75) is 13.0 Å². The summed E-state index contributed by atoms with van der Waals surface area (Å²) in [5.41, 5.74) is 0.703. The van der Waals surface area contributed by atoms with Crippen LogP contribution in [0.1, 0.15) is 18.6 Å². The SMILES string of the molecule is CC(O)c1ccc(F)c2ccncc12. The van der Waals surface area contributed by atoms with Gasteiger partial charge in [-0.1, -0.05) is 6.07 Å². The smallest absolute Gasteiger partial charge is 0.131 e. The van der Waals surface area contributed by atoms with Crippen LogP contribution >= 0.6 is 0 Å². The molecule has 1 atom stereocenters. The van der Waals surface area contributed by atoms with Gasteiger partial charge in [-0.3, -0.25) is 4.98 Å². The third kappa shape index (κ3) is 1.36. The lowest BCUT2D eigenvalue weighted by atomic mass is 10.0. The van der Waals surface area contributed by atoms with Crippen LogP contribution in [0.3, 0.4) is 0 Å². The molecule has 1 heterocycles. The minimum absolute atomic E-state index is 0.285. The number of hydrogen-bond acceptors (Lipinski definition) is 2. The third-order valence-electron chi connectivity index (χ3n) is 2.25. The van der Waals surface area contributed by atoms with Gasteiger partial charge in [0, 0.05) is 23.2 Å².